The minimum atomic E-state index is -4.94. The Balaban J connectivity index is 1.97. The van der Waals surface area contributed by atoms with E-state index >= 15 is 0 Å². The van der Waals surface area contributed by atoms with Crippen LogP contribution < -0.4 is 4.90 Å². The zero-order valence-corrected chi connectivity index (χ0v) is 15.3. The first-order chi connectivity index (χ1) is 14.5. The van der Waals surface area contributed by atoms with Crippen molar-refractivity contribution in [2.24, 2.45) is 0 Å². The Labute approximate surface area is 170 Å². The van der Waals surface area contributed by atoms with Gasteiger partial charge in [-0.2, -0.15) is 26.3 Å². The Morgan fingerprint density at radius 2 is 1.71 bits per heavy atom. The summed E-state index contributed by atoms with van der Waals surface area (Å²) in [5.41, 5.74) is -2.65. The van der Waals surface area contributed by atoms with Crippen LogP contribution in [0.2, 0.25) is 0 Å². The van der Waals surface area contributed by atoms with Crippen molar-refractivity contribution in [3.63, 3.8) is 0 Å². The minimum absolute atomic E-state index is 0.0793. The van der Waals surface area contributed by atoms with Crippen molar-refractivity contribution in [1.82, 2.24) is 10.2 Å². The molecule has 0 unspecified atom stereocenters. The predicted molar refractivity (Wildman–Crippen MR) is 94.5 cm³/mol. The van der Waals surface area contributed by atoms with Crippen LogP contribution >= 0.6 is 0 Å². The highest BCUT2D eigenvalue weighted by Crippen LogP contribution is 2.39. The molecule has 31 heavy (non-hydrogen) atoms. The van der Waals surface area contributed by atoms with Crippen LogP contribution in [0.1, 0.15) is 11.5 Å². The Bertz CT molecular complexity index is 1120. The molecule has 1 heterocycles. The van der Waals surface area contributed by atoms with Crippen molar-refractivity contribution in [3.8, 4) is 11.5 Å². The van der Waals surface area contributed by atoms with E-state index in [-0.39, 0.29) is 17.3 Å². The molecule has 0 bridgehead atoms. The van der Waals surface area contributed by atoms with Crippen molar-refractivity contribution >= 4 is 11.4 Å². The molecule has 3 rings (SSSR count). The molecule has 0 aliphatic carbocycles. The van der Waals surface area contributed by atoms with Gasteiger partial charge in [0.25, 0.3) is 5.89 Å². The monoisotopic (exact) mass is 444 g/mol. The van der Waals surface area contributed by atoms with Crippen LogP contribution in [-0.2, 0) is 12.7 Å². The van der Waals surface area contributed by atoms with Gasteiger partial charge in [-0.1, -0.05) is 18.2 Å². The summed E-state index contributed by atoms with van der Waals surface area (Å²) in [4.78, 5) is 3.30. The Morgan fingerprint density at radius 3 is 2.32 bits per heavy atom. The largest absolute Gasteiger partial charge is 0.419 e. The van der Waals surface area contributed by atoms with E-state index in [0.29, 0.717) is 11.0 Å². The van der Waals surface area contributed by atoms with Gasteiger partial charge >= 0.3 is 12.4 Å². The standard InChI is InChI=1S/C19H11F7N4O/c1-27-15-7-6-11(8-13(15)19(24,25)26)30(10-18(21,22)23)9-16-28-29-17(31-16)12-4-2-3-5-14(12)20/h2-8H,9-10H2. The van der Waals surface area contributed by atoms with Crippen molar-refractivity contribution in [2.75, 3.05) is 11.4 Å². The fraction of sp³-hybridized carbons (Fsp3) is 0.211. The molecule has 162 valence electrons. The number of halogens is 7. The molecule has 12 heteroatoms. The van der Waals surface area contributed by atoms with E-state index in [2.05, 4.69) is 15.0 Å². The molecule has 1 aromatic heterocycles. The Hall–Kier alpha value is -3.62. The van der Waals surface area contributed by atoms with Gasteiger partial charge in [0.15, 0.2) is 5.69 Å². The third kappa shape index (κ3) is 5.30. The first kappa shape index (κ1) is 22.1. The summed E-state index contributed by atoms with van der Waals surface area (Å²) >= 11 is 0. The summed E-state index contributed by atoms with van der Waals surface area (Å²) < 4.78 is 97.9. The minimum Gasteiger partial charge on any atom is -0.419 e. The zero-order valence-electron chi connectivity index (χ0n) is 15.3. The van der Waals surface area contributed by atoms with E-state index in [4.69, 9.17) is 11.0 Å². The zero-order chi connectivity index (χ0) is 22.8. The van der Waals surface area contributed by atoms with E-state index in [1.165, 1.54) is 18.2 Å². The average molecular weight is 444 g/mol. The number of alkyl halides is 6. The topological polar surface area (TPSA) is 46.5 Å². The SMILES string of the molecule is [C-]#[N+]c1ccc(N(Cc2nnc(-c3ccccc3F)o2)CC(F)(F)F)cc1C(F)(F)F. The Kier molecular flexibility index (Phi) is 5.88. The maximum atomic E-state index is 13.8. The molecule has 3 aromatic rings. The maximum Gasteiger partial charge on any atom is 0.407 e. The van der Waals surface area contributed by atoms with E-state index in [0.717, 1.165) is 18.2 Å². The van der Waals surface area contributed by atoms with E-state index < -0.39 is 48.2 Å². The van der Waals surface area contributed by atoms with Crippen LogP contribution in [0.25, 0.3) is 16.3 Å². The lowest BCUT2D eigenvalue weighted by atomic mass is 10.1. The summed E-state index contributed by atoms with van der Waals surface area (Å²) in [5, 5.41) is 7.16. The fourth-order valence-corrected chi connectivity index (χ4v) is 2.72. The maximum absolute atomic E-state index is 13.8. The van der Waals surface area contributed by atoms with Gasteiger partial charge in [0.2, 0.25) is 5.89 Å². The van der Waals surface area contributed by atoms with Crippen LogP contribution in [0.3, 0.4) is 0 Å². The molecule has 0 spiro atoms. The number of anilines is 1. The molecule has 0 amide bonds. The van der Waals surface area contributed by atoms with Crippen molar-refractivity contribution in [3.05, 3.63) is 71.2 Å². The third-order valence-electron chi connectivity index (χ3n) is 4.04. The normalized spacial score (nSPS) is 11.9. The molecular weight excluding hydrogens is 433 g/mol. The van der Waals surface area contributed by atoms with Crippen LogP contribution in [0, 0.1) is 12.4 Å². The lowest BCUT2D eigenvalue weighted by Gasteiger charge is -2.25. The molecule has 0 radical (unpaired) electrons. The van der Waals surface area contributed by atoms with Gasteiger partial charge in [-0.05, 0) is 24.3 Å². The van der Waals surface area contributed by atoms with Gasteiger partial charge in [0.05, 0.1) is 24.2 Å². The van der Waals surface area contributed by atoms with Crippen molar-refractivity contribution in [2.45, 2.75) is 18.9 Å². The highest BCUT2D eigenvalue weighted by Gasteiger charge is 2.36. The van der Waals surface area contributed by atoms with Crippen LogP contribution in [0.15, 0.2) is 46.9 Å². The van der Waals surface area contributed by atoms with Gasteiger partial charge < -0.3 is 9.32 Å². The lowest BCUT2D eigenvalue weighted by Crippen LogP contribution is -2.34. The predicted octanol–water partition coefficient (Wildman–Crippen LogP) is 6.01. The molecule has 0 saturated heterocycles. The molecular formula is C19H11F7N4O. The lowest BCUT2D eigenvalue weighted by molar-refractivity contribution is -0.136. The second-order valence-corrected chi connectivity index (χ2v) is 6.26. The Morgan fingerprint density at radius 1 is 1.00 bits per heavy atom. The van der Waals surface area contributed by atoms with Gasteiger partial charge in [0.1, 0.15) is 12.4 Å². The van der Waals surface area contributed by atoms with E-state index in [9.17, 15) is 30.7 Å². The average Bonchev–Trinajstić information content (AvgIpc) is 3.14. The third-order valence-corrected chi connectivity index (χ3v) is 4.04. The summed E-state index contributed by atoms with van der Waals surface area (Å²) in [5.74, 6) is -1.36. The fourth-order valence-electron chi connectivity index (χ4n) is 2.72. The number of hydrogen-bond acceptors (Lipinski definition) is 4. The van der Waals surface area contributed by atoms with Crippen molar-refractivity contribution in [1.29, 1.82) is 0 Å². The number of aromatic nitrogens is 2. The first-order valence-corrected chi connectivity index (χ1v) is 8.45. The van der Waals surface area contributed by atoms with E-state index in [1.807, 2.05) is 0 Å². The number of hydrogen-bond donors (Lipinski definition) is 0. The molecule has 0 fully saturated rings. The molecule has 2 aromatic carbocycles. The highest BCUT2D eigenvalue weighted by atomic mass is 19.4. The second kappa shape index (κ2) is 8.25. The molecule has 0 aliphatic heterocycles. The summed E-state index contributed by atoms with van der Waals surface area (Å²) in [6, 6.07) is 7.52. The second-order valence-electron chi connectivity index (χ2n) is 6.26. The number of benzene rings is 2. The molecule has 0 atom stereocenters. The van der Waals surface area contributed by atoms with Crippen LogP contribution in [0.4, 0.5) is 42.1 Å². The summed E-state index contributed by atoms with van der Waals surface area (Å²) in [6.45, 7) is 4.51. The van der Waals surface area contributed by atoms with Crippen LogP contribution in [0.5, 0.6) is 0 Å². The summed E-state index contributed by atoms with van der Waals surface area (Å²) in [6.07, 6.45) is -9.71. The highest BCUT2D eigenvalue weighted by molar-refractivity contribution is 5.62. The van der Waals surface area contributed by atoms with Gasteiger partial charge in [-0.15, -0.1) is 10.2 Å². The molecule has 5 nitrogen and oxygen atoms in total. The van der Waals surface area contributed by atoms with Gasteiger partial charge in [-0.25, -0.2) is 9.24 Å². The van der Waals surface area contributed by atoms with Gasteiger partial charge in [-0.3, -0.25) is 0 Å². The number of rotatable bonds is 5. The smallest absolute Gasteiger partial charge is 0.407 e. The quantitative estimate of drug-likeness (QED) is 0.357. The van der Waals surface area contributed by atoms with Crippen molar-refractivity contribution < 1.29 is 35.2 Å². The van der Waals surface area contributed by atoms with Crippen LogP contribution in [-0.4, -0.2) is 22.9 Å². The van der Waals surface area contributed by atoms with Gasteiger partial charge in [0, 0.05) is 5.69 Å². The number of nitrogens with zero attached hydrogens (tertiary/aromatic N) is 4. The van der Waals surface area contributed by atoms with E-state index in [1.54, 1.807) is 0 Å². The molecule has 0 N–H and O–H groups in total. The molecule has 0 aliphatic rings. The first-order valence-electron chi connectivity index (χ1n) is 8.45. The molecule has 0 saturated carbocycles. The summed E-state index contributed by atoms with van der Waals surface area (Å²) in [7, 11) is 0.